The highest BCUT2D eigenvalue weighted by atomic mass is 16.7. The van der Waals surface area contributed by atoms with Crippen LogP contribution < -0.4 is 5.73 Å². The third-order valence-electron chi connectivity index (χ3n) is 5.48. The van der Waals surface area contributed by atoms with Gasteiger partial charge in [0, 0.05) is 19.8 Å². The van der Waals surface area contributed by atoms with E-state index in [1.807, 2.05) is 69.3 Å². The lowest BCUT2D eigenvalue weighted by molar-refractivity contribution is -0.179. The van der Waals surface area contributed by atoms with E-state index in [9.17, 15) is 4.79 Å². The van der Waals surface area contributed by atoms with E-state index in [2.05, 4.69) is 24.3 Å². The molecule has 0 aliphatic heterocycles. The Balaban J connectivity index is 1.97. The zero-order valence-corrected chi connectivity index (χ0v) is 18.5. The van der Waals surface area contributed by atoms with E-state index in [1.165, 1.54) is 0 Å². The number of ether oxygens (including phenoxy) is 2. The van der Waals surface area contributed by atoms with Gasteiger partial charge in [0.1, 0.15) is 6.04 Å². The molecule has 164 valence electrons. The summed E-state index contributed by atoms with van der Waals surface area (Å²) in [7, 11) is 0. The molecule has 3 rings (SSSR count). The molecule has 0 radical (unpaired) electrons. The van der Waals surface area contributed by atoms with E-state index in [4.69, 9.17) is 15.2 Å². The first-order valence-electron chi connectivity index (χ1n) is 10.9. The van der Waals surface area contributed by atoms with Crippen molar-refractivity contribution in [1.82, 2.24) is 4.90 Å². The Morgan fingerprint density at radius 1 is 0.903 bits per heavy atom. The van der Waals surface area contributed by atoms with Crippen LogP contribution in [0.3, 0.4) is 0 Å². The summed E-state index contributed by atoms with van der Waals surface area (Å²) in [6.45, 7) is 7.21. The van der Waals surface area contributed by atoms with Gasteiger partial charge in [-0.3, -0.25) is 4.79 Å². The number of amides is 1. The number of carbonyl (C=O) groups excluding carboxylic acids is 1. The van der Waals surface area contributed by atoms with Crippen molar-refractivity contribution in [1.29, 1.82) is 0 Å². The number of carbonyl (C=O) groups is 1. The van der Waals surface area contributed by atoms with Crippen LogP contribution in [0.15, 0.2) is 72.8 Å². The molecule has 0 saturated carbocycles. The summed E-state index contributed by atoms with van der Waals surface area (Å²) in [5, 5.41) is 2.26. The molecular weight excluding hydrogens is 388 g/mol. The highest BCUT2D eigenvalue weighted by molar-refractivity contribution is 5.87. The van der Waals surface area contributed by atoms with Crippen LogP contribution in [0, 0.1) is 0 Å². The summed E-state index contributed by atoms with van der Waals surface area (Å²) in [6.07, 6.45) is -0.531. The van der Waals surface area contributed by atoms with Crippen molar-refractivity contribution in [3.63, 3.8) is 0 Å². The zero-order chi connectivity index (χ0) is 22.2. The molecular formula is C26H32N2O3. The summed E-state index contributed by atoms with van der Waals surface area (Å²) >= 11 is 0. The van der Waals surface area contributed by atoms with E-state index >= 15 is 0 Å². The molecule has 0 heterocycles. The van der Waals surface area contributed by atoms with E-state index in [0.29, 0.717) is 19.8 Å². The standard InChI is InChI=1S/C26H32N2O3/c1-4-30-26(31-5-2)19(3)28(25(29)24(27)21-13-7-6-8-14-21)18-22-16-11-15-20-12-9-10-17-23(20)22/h6-17,19,24,26H,4-5,18,27H2,1-3H3. The second kappa shape index (κ2) is 11.0. The molecule has 0 aliphatic carbocycles. The molecule has 0 bridgehead atoms. The summed E-state index contributed by atoms with van der Waals surface area (Å²) in [6, 6.07) is 22.7. The number of benzene rings is 3. The smallest absolute Gasteiger partial charge is 0.244 e. The Kier molecular flexibility index (Phi) is 8.18. The van der Waals surface area contributed by atoms with Crippen molar-refractivity contribution >= 4 is 16.7 Å². The number of fused-ring (bicyclic) bond motifs is 1. The highest BCUT2D eigenvalue weighted by Crippen LogP contribution is 2.24. The minimum Gasteiger partial charge on any atom is -0.351 e. The molecule has 3 aromatic carbocycles. The Hall–Kier alpha value is -2.73. The normalized spacial score (nSPS) is 13.3. The van der Waals surface area contributed by atoms with Crippen molar-refractivity contribution in [3.05, 3.63) is 83.9 Å². The molecule has 5 nitrogen and oxygen atoms in total. The fourth-order valence-electron chi connectivity index (χ4n) is 3.82. The monoisotopic (exact) mass is 420 g/mol. The minimum absolute atomic E-state index is 0.156. The quantitative estimate of drug-likeness (QED) is 0.485. The second-order valence-corrected chi connectivity index (χ2v) is 7.51. The van der Waals surface area contributed by atoms with Gasteiger partial charge in [-0.15, -0.1) is 0 Å². The van der Waals surface area contributed by atoms with Gasteiger partial charge in [-0.25, -0.2) is 0 Å². The first-order chi connectivity index (χ1) is 15.1. The molecule has 2 unspecified atom stereocenters. The van der Waals surface area contributed by atoms with Crippen LogP contribution >= 0.6 is 0 Å². The maximum absolute atomic E-state index is 13.6. The summed E-state index contributed by atoms with van der Waals surface area (Å²) < 4.78 is 11.7. The number of nitrogens with two attached hydrogens (primary N) is 1. The first kappa shape index (κ1) is 22.9. The Labute approximate surface area is 184 Å². The molecule has 0 aromatic heterocycles. The van der Waals surface area contributed by atoms with Gasteiger partial charge >= 0.3 is 0 Å². The van der Waals surface area contributed by atoms with Gasteiger partial charge in [-0.2, -0.15) is 0 Å². The average Bonchev–Trinajstić information content (AvgIpc) is 2.81. The molecule has 0 saturated heterocycles. The molecule has 2 N–H and O–H groups in total. The van der Waals surface area contributed by atoms with Gasteiger partial charge in [0.2, 0.25) is 5.91 Å². The van der Waals surface area contributed by atoms with Crippen LogP contribution in [-0.2, 0) is 20.8 Å². The summed E-state index contributed by atoms with van der Waals surface area (Å²) in [5.41, 5.74) is 8.26. The van der Waals surface area contributed by atoms with Gasteiger partial charge in [-0.1, -0.05) is 72.8 Å². The Bertz CT molecular complexity index is 965. The molecule has 1 amide bonds. The minimum atomic E-state index is -0.762. The summed E-state index contributed by atoms with van der Waals surface area (Å²) in [5.74, 6) is -0.156. The van der Waals surface area contributed by atoms with Gasteiger partial charge < -0.3 is 20.1 Å². The fraction of sp³-hybridized carbons (Fsp3) is 0.346. The van der Waals surface area contributed by atoms with Crippen molar-refractivity contribution in [2.75, 3.05) is 13.2 Å². The third kappa shape index (κ3) is 5.50. The lowest BCUT2D eigenvalue weighted by Gasteiger charge is -2.36. The van der Waals surface area contributed by atoms with Crippen molar-refractivity contribution in [3.8, 4) is 0 Å². The highest BCUT2D eigenvalue weighted by Gasteiger charge is 2.32. The van der Waals surface area contributed by atoms with Gasteiger partial charge in [0.05, 0.1) is 6.04 Å². The molecule has 0 fully saturated rings. The number of rotatable bonds is 10. The largest absolute Gasteiger partial charge is 0.351 e. The second-order valence-electron chi connectivity index (χ2n) is 7.51. The maximum atomic E-state index is 13.6. The van der Waals surface area contributed by atoms with E-state index in [-0.39, 0.29) is 11.9 Å². The molecule has 5 heteroatoms. The van der Waals surface area contributed by atoms with Gasteiger partial charge in [-0.05, 0) is 42.7 Å². The van der Waals surface area contributed by atoms with Gasteiger partial charge in [0.25, 0.3) is 0 Å². The predicted octanol–water partition coefficient (Wildman–Crippen LogP) is 4.66. The number of hydrogen-bond acceptors (Lipinski definition) is 4. The van der Waals surface area contributed by atoms with Crippen LogP contribution in [0.2, 0.25) is 0 Å². The van der Waals surface area contributed by atoms with Gasteiger partial charge in [0.15, 0.2) is 6.29 Å². The van der Waals surface area contributed by atoms with Crippen LogP contribution in [0.4, 0.5) is 0 Å². The fourth-order valence-corrected chi connectivity index (χ4v) is 3.82. The lowest BCUT2D eigenvalue weighted by atomic mass is 10.0. The third-order valence-corrected chi connectivity index (χ3v) is 5.48. The molecule has 31 heavy (non-hydrogen) atoms. The van der Waals surface area contributed by atoms with E-state index in [0.717, 1.165) is 21.9 Å². The van der Waals surface area contributed by atoms with Crippen LogP contribution in [0.1, 0.15) is 37.9 Å². The van der Waals surface area contributed by atoms with E-state index in [1.54, 1.807) is 4.90 Å². The molecule has 0 spiro atoms. The van der Waals surface area contributed by atoms with Crippen molar-refractivity contribution < 1.29 is 14.3 Å². The Morgan fingerprint density at radius 2 is 1.52 bits per heavy atom. The van der Waals surface area contributed by atoms with Crippen LogP contribution in [0.5, 0.6) is 0 Å². The van der Waals surface area contributed by atoms with Crippen molar-refractivity contribution in [2.45, 2.75) is 45.7 Å². The van der Waals surface area contributed by atoms with Crippen LogP contribution in [-0.4, -0.2) is 36.4 Å². The average molecular weight is 421 g/mol. The molecule has 2 atom stereocenters. The van der Waals surface area contributed by atoms with Crippen molar-refractivity contribution in [2.24, 2.45) is 5.73 Å². The maximum Gasteiger partial charge on any atom is 0.244 e. The number of nitrogens with zero attached hydrogens (tertiary/aromatic N) is 1. The lowest BCUT2D eigenvalue weighted by Crippen LogP contribution is -2.49. The first-order valence-corrected chi connectivity index (χ1v) is 10.9. The SMILES string of the molecule is CCOC(OCC)C(C)N(Cc1cccc2ccccc12)C(=O)C(N)c1ccccc1. The van der Waals surface area contributed by atoms with Crippen LogP contribution in [0.25, 0.3) is 10.8 Å². The van der Waals surface area contributed by atoms with E-state index < -0.39 is 12.3 Å². The Morgan fingerprint density at radius 3 is 2.19 bits per heavy atom. The molecule has 0 aliphatic rings. The topological polar surface area (TPSA) is 64.8 Å². The predicted molar refractivity (Wildman–Crippen MR) is 124 cm³/mol. The number of hydrogen-bond donors (Lipinski definition) is 1. The zero-order valence-electron chi connectivity index (χ0n) is 18.5. The summed E-state index contributed by atoms with van der Waals surface area (Å²) in [4.78, 5) is 15.4. The molecule has 3 aromatic rings.